The molecule has 1 rings (SSSR count). The van der Waals surface area contributed by atoms with E-state index in [4.69, 9.17) is 22.1 Å². The van der Waals surface area contributed by atoms with Crippen molar-refractivity contribution >= 4 is 11.6 Å². The smallest absolute Gasteiger partial charge is 0.232 e. The Morgan fingerprint density at radius 1 is 1.32 bits per heavy atom. The van der Waals surface area contributed by atoms with Gasteiger partial charge < -0.3 is 10.5 Å². The van der Waals surface area contributed by atoms with Crippen LogP contribution in [0.15, 0.2) is 12.3 Å². The van der Waals surface area contributed by atoms with E-state index in [1.165, 1.54) is 0 Å². The summed E-state index contributed by atoms with van der Waals surface area (Å²) in [5.41, 5.74) is 6.46. The summed E-state index contributed by atoms with van der Waals surface area (Å²) in [6, 6.07) is 2.79. The van der Waals surface area contributed by atoms with Crippen LogP contribution in [-0.2, 0) is 6.54 Å². The summed E-state index contributed by atoms with van der Waals surface area (Å²) in [4.78, 5) is 6.51. The van der Waals surface area contributed by atoms with Crippen LogP contribution in [0.1, 0.15) is 33.3 Å². The van der Waals surface area contributed by atoms with Crippen LogP contribution >= 0.6 is 11.6 Å². The molecule has 0 saturated carbocycles. The lowest BCUT2D eigenvalue weighted by atomic mass is 10.2. The molecule has 0 spiro atoms. The molecule has 1 aromatic rings. The fraction of sp³-hybridized carbons (Fsp3) is 0.643. The average Bonchev–Trinajstić information content (AvgIpc) is 2.35. The molecular formula is C14H24ClN3O. The predicted octanol–water partition coefficient (Wildman–Crippen LogP) is 2.69. The SMILES string of the molecule is CC(C)N(CCOc1nccc(CN)c1Cl)C(C)C. The Kier molecular flexibility index (Phi) is 6.55. The van der Waals surface area contributed by atoms with Crippen molar-refractivity contribution in [1.29, 1.82) is 0 Å². The van der Waals surface area contributed by atoms with Gasteiger partial charge in [-0.2, -0.15) is 0 Å². The van der Waals surface area contributed by atoms with Gasteiger partial charge in [0.2, 0.25) is 5.88 Å². The average molecular weight is 286 g/mol. The second-order valence-electron chi connectivity index (χ2n) is 5.07. The molecule has 0 aliphatic carbocycles. The van der Waals surface area contributed by atoms with Crippen molar-refractivity contribution in [2.45, 2.75) is 46.3 Å². The number of ether oxygens (including phenoxy) is 1. The largest absolute Gasteiger partial charge is 0.475 e. The van der Waals surface area contributed by atoms with Crippen LogP contribution in [0.25, 0.3) is 0 Å². The normalized spacial score (nSPS) is 11.6. The van der Waals surface area contributed by atoms with Crippen molar-refractivity contribution < 1.29 is 4.74 Å². The van der Waals surface area contributed by atoms with E-state index in [9.17, 15) is 0 Å². The van der Waals surface area contributed by atoms with E-state index in [-0.39, 0.29) is 0 Å². The van der Waals surface area contributed by atoms with Crippen molar-refractivity contribution in [3.05, 3.63) is 22.8 Å². The Balaban J connectivity index is 2.58. The number of hydrogen-bond acceptors (Lipinski definition) is 4. The predicted molar refractivity (Wildman–Crippen MR) is 79.6 cm³/mol. The van der Waals surface area contributed by atoms with Gasteiger partial charge in [-0.3, -0.25) is 4.90 Å². The molecule has 0 aliphatic rings. The number of hydrogen-bond donors (Lipinski definition) is 1. The number of nitrogens with two attached hydrogens (primary N) is 1. The third-order valence-corrected chi connectivity index (χ3v) is 3.48. The topological polar surface area (TPSA) is 51.4 Å². The van der Waals surface area contributed by atoms with Crippen LogP contribution in [0.2, 0.25) is 5.02 Å². The third kappa shape index (κ3) is 4.64. The summed E-state index contributed by atoms with van der Waals surface area (Å²) in [5.74, 6) is 0.470. The highest BCUT2D eigenvalue weighted by atomic mass is 35.5. The first kappa shape index (κ1) is 16.2. The maximum atomic E-state index is 6.17. The molecule has 0 aliphatic heterocycles. The maximum Gasteiger partial charge on any atom is 0.232 e. The first-order valence-corrected chi connectivity index (χ1v) is 7.07. The van der Waals surface area contributed by atoms with E-state index < -0.39 is 0 Å². The number of aromatic nitrogens is 1. The number of halogens is 1. The summed E-state index contributed by atoms with van der Waals surface area (Å²) in [6.07, 6.45) is 1.67. The first-order valence-electron chi connectivity index (χ1n) is 6.69. The molecule has 0 radical (unpaired) electrons. The van der Waals surface area contributed by atoms with Crippen molar-refractivity contribution in [2.24, 2.45) is 5.73 Å². The quantitative estimate of drug-likeness (QED) is 0.837. The highest BCUT2D eigenvalue weighted by Crippen LogP contribution is 2.25. The standard InChI is InChI=1S/C14H24ClN3O/c1-10(2)18(11(3)4)7-8-19-14-13(15)12(9-16)5-6-17-14/h5-6,10-11H,7-9,16H2,1-4H3. The summed E-state index contributed by atoms with van der Waals surface area (Å²) >= 11 is 6.17. The molecule has 0 fully saturated rings. The molecule has 19 heavy (non-hydrogen) atoms. The summed E-state index contributed by atoms with van der Waals surface area (Å²) in [6.45, 7) is 10.5. The van der Waals surface area contributed by atoms with Gasteiger partial charge in [0.1, 0.15) is 11.6 Å². The maximum absolute atomic E-state index is 6.17. The van der Waals surface area contributed by atoms with Crippen LogP contribution in [-0.4, -0.2) is 35.1 Å². The fourth-order valence-corrected chi connectivity index (χ4v) is 2.32. The number of pyridine rings is 1. The zero-order chi connectivity index (χ0) is 14.4. The Morgan fingerprint density at radius 3 is 2.47 bits per heavy atom. The number of rotatable bonds is 7. The van der Waals surface area contributed by atoms with Crippen molar-refractivity contribution in [3.63, 3.8) is 0 Å². The molecule has 4 nitrogen and oxygen atoms in total. The zero-order valence-corrected chi connectivity index (χ0v) is 12.9. The summed E-state index contributed by atoms with van der Waals surface area (Å²) < 4.78 is 5.67. The highest BCUT2D eigenvalue weighted by Gasteiger charge is 2.14. The van der Waals surface area contributed by atoms with Crippen LogP contribution in [0.5, 0.6) is 5.88 Å². The second-order valence-corrected chi connectivity index (χ2v) is 5.45. The number of nitrogens with zero attached hydrogens (tertiary/aromatic N) is 2. The van der Waals surface area contributed by atoms with E-state index in [1.54, 1.807) is 6.20 Å². The Bertz CT molecular complexity index is 388. The van der Waals surface area contributed by atoms with Gasteiger partial charge in [0, 0.05) is 31.4 Å². The van der Waals surface area contributed by atoms with E-state index in [1.807, 2.05) is 6.07 Å². The van der Waals surface area contributed by atoms with Crippen LogP contribution in [0, 0.1) is 0 Å². The molecular weight excluding hydrogens is 262 g/mol. The van der Waals surface area contributed by atoms with E-state index >= 15 is 0 Å². The van der Waals surface area contributed by atoms with E-state index in [2.05, 4.69) is 37.6 Å². The Morgan fingerprint density at radius 2 is 1.95 bits per heavy atom. The molecule has 0 saturated heterocycles. The van der Waals surface area contributed by atoms with Crippen LogP contribution in [0.3, 0.4) is 0 Å². The Labute approximate surface area is 120 Å². The molecule has 0 aromatic carbocycles. The highest BCUT2D eigenvalue weighted by molar-refractivity contribution is 6.32. The minimum atomic E-state index is 0.391. The Hall–Kier alpha value is -0.840. The third-order valence-electron chi connectivity index (χ3n) is 3.07. The summed E-state index contributed by atoms with van der Waals surface area (Å²) in [7, 11) is 0. The molecule has 0 amide bonds. The van der Waals surface area contributed by atoms with Crippen molar-refractivity contribution in [1.82, 2.24) is 9.88 Å². The van der Waals surface area contributed by atoms with E-state index in [0.29, 0.717) is 36.1 Å². The van der Waals surface area contributed by atoms with Gasteiger partial charge in [-0.25, -0.2) is 4.98 Å². The molecule has 0 atom stereocenters. The van der Waals surface area contributed by atoms with E-state index in [0.717, 1.165) is 12.1 Å². The van der Waals surface area contributed by atoms with Crippen molar-refractivity contribution in [3.8, 4) is 5.88 Å². The molecule has 2 N–H and O–H groups in total. The lowest BCUT2D eigenvalue weighted by Gasteiger charge is -2.30. The van der Waals surface area contributed by atoms with Gasteiger partial charge in [0.15, 0.2) is 0 Å². The summed E-state index contributed by atoms with van der Waals surface area (Å²) in [5, 5.41) is 0.519. The van der Waals surface area contributed by atoms with Gasteiger partial charge in [-0.15, -0.1) is 0 Å². The van der Waals surface area contributed by atoms with Crippen LogP contribution < -0.4 is 10.5 Å². The van der Waals surface area contributed by atoms with Gasteiger partial charge in [-0.1, -0.05) is 11.6 Å². The molecule has 1 heterocycles. The van der Waals surface area contributed by atoms with Gasteiger partial charge in [0.05, 0.1) is 0 Å². The molecule has 0 bridgehead atoms. The molecule has 108 valence electrons. The second kappa shape index (κ2) is 7.68. The molecule has 1 aromatic heterocycles. The zero-order valence-electron chi connectivity index (χ0n) is 12.2. The van der Waals surface area contributed by atoms with Gasteiger partial charge >= 0.3 is 0 Å². The lowest BCUT2D eigenvalue weighted by Crippen LogP contribution is -2.39. The fourth-order valence-electron chi connectivity index (χ4n) is 2.08. The lowest BCUT2D eigenvalue weighted by molar-refractivity contribution is 0.140. The monoisotopic (exact) mass is 285 g/mol. The van der Waals surface area contributed by atoms with Gasteiger partial charge in [-0.05, 0) is 39.3 Å². The molecule has 0 unspecified atom stereocenters. The minimum absolute atomic E-state index is 0.391. The van der Waals surface area contributed by atoms with Gasteiger partial charge in [0.25, 0.3) is 0 Å². The first-order chi connectivity index (χ1) is 8.97. The minimum Gasteiger partial charge on any atom is -0.475 e. The van der Waals surface area contributed by atoms with Crippen molar-refractivity contribution in [2.75, 3.05) is 13.2 Å². The molecule has 5 heteroatoms. The van der Waals surface area contributed by atoms with Crippen LogP contribution in [0.4, 0.5) is 0 Å².